The molecule has 0 aliphatic rings. The van der Waals surface area contributed by atoms with Crippen molar-refractivity contribution in [2.75, 3.05) is 0 Å². The largest absolute Gasteiger partial charge is 0.0616 e. The Labute approximate surface area is 167 Å². The number of benzene rings is 5. The maximum atomic E-state index is 3.66. The average molecular weight is 409 g/mol. The second kappa shape index (κ2) is 6.68. The summed E-state index contributed by atoms with van der Waals surface area (Å²) in [5, 5.41) is 5.19. The van der Waals surface area contributed by atoms with Crippen molar-refractivity contribution in [2.24, 2.45) is 0 Å². The van der Waals surface area contributed by atoms with E-state index in [-0.39, 0.29) is 0 Å². The number of hydrogen-bond acceptors (Lipinski definition) is 0. The molecular formula is C26H17Br. The Kier molecular flexibility index (Phi) is 4.03. The highest BCUT2D eigenvalue weighted by Gasteiger charge is 2.09. The molecule has 0 bridgehead atoms. The van der Waals surface area contributed by atoms with Gasteiger partial charge in [0.05, 0.1) is 0 Å². The van der Waals surface area contributed by atoms with Gasteiger partial charge in [0.2, 0.25) is 0 Å². The summed E-state index contributed by atoms with van der Waals surface area (Å²) in [6, 6.07) is 36.8. The summed E-state index contributed by atoms with van der Waals surface area (Å²) in [6.07, 6.45) is 0. The first-order valence-corrected chi connectivity index (χ1v) is 9.86. The second-order valence-electron chi connectivity index (χ2n) is 6.75. The van der Waals surface area contributed by atoms with Gasteiger partial charge in [0.15, 0.2) is 0 Å². The standard InChI is InChI=1S/C26H17Br/c27-26-12-6-5-9-22(26)18-13-15-19(16-14-18)25-17-20-7-1-2-8-21(20)23-10-3-4-11-24(23)25/h1-17H. The normalized spacial score (nSPS) is 11.1. The van der Waals surface area contributed by atoms with E-state index in [9.17, 15) is 0 Å². The lowest BCUT2D eigenvalue weighted by atomic mass is 9.92. The fraction of sp³-hybridized carbons (Fsp3) is 0. The van der Waals surface area contributed by atoms with E-state index in [1.807, 2.05) is 6.07 Å². The van der Waals surface area contributed by atoms with Crippen molar-refractivity contribution in [3.8, 4) is 22.3 Å². The van der Waals surface area contributed by atoms with Gasteiger partial charge < -0.3 is 0 Å². The molecule has 0 aliphatic heterocycles. The summed E-state index contributed by atoms with van der Waals surface area (Å²) in [5.41, 5.74) is 4.96. The number of halogens is 1. The highest BCUT2D eigenvalue weighted by atomic mass is 79.9. The van der Waals surface area contributed by atoms with Crippen molar-refractivity contribution in [1.29, 1.82) is 0 Å². The Morgan fingerprint density at radius 3 is 1.74 bits per heavy atom. The highest BCUT2D eigenvalue weighted by molar-refractivity contribution is 9.10. The number of rotatable bonds is 2. The van der Waals surface area contributed by atoms with E-state index in [0.29, 0.717) is 0 Å². The summed E-state index contributed by atoms with van der Waals surface area (Å²) in [7, 11) is 0. The van der Waals surface area contributed by atoms with Gasteiger partial charge in [-0.05, 0) is 55.9 Å². The molecule has 0 aromatic heterocycles. The zero-order chi connectivity index (χ0) is 18.2. The third-order valence-electron chi connectivity index (χ3n) is 5.15. The van der Waals surface area contributed by atoms with Gasteiger partial charge in [-0.2, -0.15) is 0 Å². The van der Waals surface area contributed by atoms with Gasteiger partial charge in [-0.25, -0.2) is 0 Å². The maximum Gasteiger partial charge on any atom is 0.0253 e. The molecule has 27 heavy (non-hydrogen) atoms. The minimum atomic E-state index is 1.12. The molecule has 5 rings (SSSR count). The Balaban J connectivity index is 1.70. The topological polar surface area (TPSA) is 0 Å². The minimum absolute atomic E-state index is 1.12. The van der Waals surface area contributed by atoms with Crippen molar-refractivity contribution in [2.45, 2.75) is 0 Å². The summed E-state index contributed by atoms with van der Waals surface area (Å²) >= 11 is 3.66. The SMILES string of the molecule is Brc1ccccc1-c1ccc(-c2cc3ccccc3c3ccccc23)cc1. The van der Waals surface area contributed by atoms with Gasteiger partial charge in [0.25, 0.3) is 0 Å². The van der Waals surface area contributed by atoms with Crippen LogP contribution in [-0.2, 0) is 0 Å². The molecule has 0 saturated heterocycles. The first-order valence-electron chi connectivity index (χ1n) is 9.07. The fourth-order valence-corrected chi connectivity index (χ4v) is 4.33. The second-order valence-corrected chi connectivity index (χ2v) is 7.60. The van der Waals surface area contributed by atoms with E-state index >= 15 is 0 Å². The van der Waals surface area contributed by atoms with E-state index in [1.165, 1.54) is 43.8 Å². The lowest BCUT2D eigenvalue weighted by Crippen LogP contribution is -1.85. The summed E-state index contributed by atoms with van der Waals surface area (Å²) in [6.45, 7) is 0. The van der Waals surface area contributed by atoms with Gasteiger partial charge in [0, 0.05) is 4.47 Å². The Morgan fingerprint density at radius 2 is 1.00 bits per heavy atom. The molecule has 5 aromatic carbocycles. The lowest BCUT2D eigenvalue weighted by molar-refractivity contribution is 1.58. The third-order valence-corrected chi connectivity index (χ3v) is 5.84. The van der Waals surface area contributed by atoms with Crippen LogP contribution >= 0.6 is 15.9 Å². The summed E-state index contributed by atoms with van der Waals surface area (Å²) in [5.74, 6) is 0. The van der Waals surface area contributed by atoms with Crippen molar-refractivity contribution < 1.29 is 0 Å². The van der Waals surface area contributed by atoms with Crippen molar-refractivity contribution >= 4 is 37.5 Å². The van der Waals surface area contributed by atoms with Crippen LogP contribution in [0.25, 0.3) is 43.8 Å². The van der Waals surface area contributed by atoms with Crippen molar-refractivity contribution in [3.05, 3.63) is 108 Å². The van der Waals surface area contributed by atoms with Crippen LogP contribution in [0.4, 0.5) is 0 Å². The predicted molar refractivity (Wildman–Crippen MR) is 120 cm³/mol. The molecule has 0 heterocycles. The molecule has 0 unspecified atom stereocenters. The monoisotopic (exact) mass is 408 g/mol. The predicted octanol–water partition coefficient (Wildman–Crippen LogP) is 8.09. The van der Waals surface area contributed by atoms with Crippen LogP contribution in [0, 0.1) is 0 Å². The zero-order valence-corrected chi connectivity index (χ0v) is 16.3. The van der Waals surface area contributed by atoms with Crippen LogP contribution in [0.5, 0.6) is 0 Å². The quantitative estimate of drug-likeness (QED) is 0.259. The van der Waals surface area contributed by atoms with Gasteiger partial charge >= 0.3 is 0 Å². The van der Waals surface area contributed by atoms with Crippen LogP contribution in [0.2, 0.25) is 0 Å². The molecule has 0 spiro atoms. The van der Waals surface area contributed by atoms with Crippen LogP contribution in [-0.4, -0.2) is 0 Å². The van der Waals surface area contributed by atoms with E-state index < -0.39 is 0 Å². The van der Waals surface area contributed by atoms with E-state index in [2.05, 4.69) is 113 Å². The van der Waals surface area contributed by atoms with E-state index in [1.54, 1.807) is 0 Å². The molecule has 0 fully saturated rings. The van der Waals surface area contributed by atoms with Gasteiger partial charge in [-0.15, -0.1) is 0 Å². The van der Waals surface area contributed by atoms with Gasteiger partial charge in [-0.3, -0.25) is 0 Å². The van der Waals surface area contributed by atoms with Crippen LogP contribution in [0.1, 0.15) is 0 Å². The van der Waals surface area contributed by atoms with E-state index in [4.69, 9.17) is 0 Å². The van der Waals surface area contributed by atoms with Crippen molar-refractivity contribution in [3.63, 3.8) is 0 Å². The molecule has 128 valence electrons. The number of hydrogen-bond donors (Lipinski definition) is 0. The summed E-state index contributed by atoms with van der Waals surface area (Å²) in [4.78, 5) is 0. The first-order chi connectivity index (χ1) is 13.3. The van der Waals surface area contributed by atoms with Crippen LogP contribution in [0.3, 0.4) is 0 Å². The smallest absolute Gasteiger partial charge is 0.0253 e. The molecule has 0 N–H and O–H groups in total. The molecule has 0 atom stereocenters. The molecule has 0 amide bonds. The number of fused-ring (bicyclic) bond motifs is 3. The summed E-state index contributed by atoms with van der Waals surface area (Å²) < 4.78 is 1.12. The average Bonchev–Trinajstić information content (AvgIpc) is 2.74. The van der Waals surface area contributed by atoms with Gasteiger partial charge in [-0.1, -0.05) is 107 Å². The lowest BCUT2D eigenvalue weighted by Gasteiger charge is -2.12. The third kappa shape index (κ3) is 2.85. The van der Waals surface area contributed by atoms with E-state index in [0.717, 1.165) is 4.47 Å². The highest BCUT2D eigenvalue weighted by Crippen LogP contribution is 2.36. The molecule has 0 nitrogen and oxygen atoms in total. The van der Waals surface area contributed by atoms with Crippen LogP contribution < -0.4 is 0 Å². The molecular weight excluding hydrogens is 392 g/mol. The Hall–Kier alpha value is -2.90. The first kappa shape index (κ1) is 16.3. The molecule has 5 aromatic rings. The maximum absolute atomic E-state index is 3.66. The molecule has 0 saturated carbocycles. The molecule has 0 aliphatic carbocycles. The van der Waals surface area contributed by atoms with Crippen molar-refractivity contribution in [1.82, 2.24) is 0 Å². The molecule has 1 heteroatoms. The Morgan fingerprint density at radius 1 is 0.444 bits per heavy atom. The fourth-order valence-electron chi connectivity index (χ4n) is 3.82. The minimum Gasteiger partial charge on any atom is -0.0616 e. The zero-order valence-electron chi connectivity index (χ0n) is 14.7. The van der Waals surface area contributed by atoms with Gasteiger partial charge in [0.1, 0.15) is 0 Å². The molecule has 0 radical (unpaired) electrons. The van der Waals surface area contributed by atoms with Crippen LogP contribution in [0.15, 0.2) is 108 Å². The Bertz CT molecular complexity index is 1270.